The Hall–Kier alpha value is -9.78. The summed E-state index contributed by atoms with van der Waals surface area (Å²) in [5.74, 6) is -1.41. The second-order valence-electron chi connectivity index (χ2n) is 33.0. The van der Waals surface area contributed by atoms with Crippen LogP contribution >= 0.6 is 21.4 Å². The lowest BCUT2D eigenvalue weighted by molar-refractivity contribution is -0.141. The monoisotopic (exact) mass is 1960 g/mol. The first-order valence-electron chi connectivity index (χ1n) is 45.0. The Labute approximate surface area is 803 Å². The van der Waals surface area contributed by atoms with Crippen LogP contribution in [-0.2, 0) is 98.8 Å². The van der Waals surface area contributed by atoms with Gasteiger partial charge in [-0.15, -0.1) is 0 Å². The number of nitrogens with zero attached hydrogens (tertiary/aromatic N) is 5. The van der Waals surface area contributed by atoms with Crippen molar-refractivity contribution in [3.63, 3.8) is 0 Å². The fourth-order valence-electron chi connectivity index (χ4n) is 16.5. The minimum absolute atomic E-state index is 0.0159. The maximum absolute atomic E-state index is 14.8. The fourth-order valence-corrected chi connectivity index (χ4v) is 25.6. The SMILES string of the molecule is COC(=O)CCN(CCC(=O)OC)Cc1c(C)cc(C)c(C(=O)P(=O)(c2ccccc2)c2ccccc2)c1C.COCCN(CCO)Cc1ccccc1CN(CCO)CCO.COS(=O)(=O)CCN(CCS(=O)(=O)OC)Cc1c(C)cc(C)c(C(=O)P(=O)(c2ccccc2)c2ccccc2)c1C.Cc1cc(C)c(C(=O)P(=O)(c2ccccc2)c2ccccc2)c(C)c1CN(CCO)CCO. The molecule has 0 atom stereocenters. The number of hydrogen-bond donors (Lipinski definition) is 5. The average molecular weight is 1960 g/mol. The van der Waals surface area contributed by atoms with Crippen LogP contribution in [0.5, 0.6) is 0 Å². The molecule has 0 amide bonds. The van der Waals surface area contributed by atoms with Crippen LogP contribution in [-0.4, -0.2) is 248 Å². The first kappa shape index (κ1) is 113. The minimum Gasteiger partial charge on any atom is -0.469 e. The maximum Gasteiger partial charge on any atom is 0.306 e. The van der Waals surface area contributed by atoms with Gasteiger partial charge in [-0.05, 0) is 140 Å². The van der Waals surface area contributed by atoms with Crippen molar-refractivity contribution < 1.29 is 103 Å². The van der Waals surface area contributed by atoms with E-state index in [2.05, 4.69) is 25.4 Å². The molecule has 27 nitrogen and oxygen atoms in total. The molecule has 0 saturated carbocycles. The van der Waals surface area contributed by atoms with Crippen molar-refractivity contribution in [1.29, 1.82) is 0 Å². The van der Waals surface area contributed by atoms with E-state index in [0.717, 1.165) is 82.9 Å². The minimum atomic E-state index is -3.81. The summed E-state index contributed by atoms with van der Waals surface area (Å²) in [6, 6.07) is 67.0. The number of carbonyl (C=O) groups excluding carboxylic acids is 5. The molecule has 0 aliphatic rings. The molecule has 0 heterocycles. The maximum atomic E-state index is 14.8. The topological polar surface area (TPSA) is 368 Å². The predicted molar refractivity (Wildman–Crippen MR) is 539 cm³/mol. The van der Waals surface area contributed by atoms with Gasteiger partial charge in [0.1, 0.15) is 0 Å². The third-order valence-electron chi connectivity index (χ3n) is 23.9. The molecule has 136 heavy (non-hydrogen) atoms. The average Bonchev–Trinajstić information content (AvgIpc) is 0.756. The first-order valence-corrected chi connectivity index (χ1v) is 53.2. The van der Waals surface area contributed by atoms with Crippen molar-refractivity contribution >= 4 is 102 Å². The second kappa shape index (κ2) is 55.7. The summed E-state index contributed by atoms with van der Waals surface area (Å²) in [7, 11) is -12.2. The van der Waals surface area contributed by atoms with E-state index in [1.165, 1.54) is 25.3 Å². The smallest absolute Gasteiger partial charge is 0.306 e. The summed E-state index contributed by atoms with van der Waals surface area (Å²) in [5.41, 5.74) is 12.1. The van der Waals surface area contributed by atoms with Gasteiger partial charge in [-0.25, -0.2) is 0 Å². The normalized spacial score (nSPS) is 11.8. The largest absolute Gasteiger partial charge is 0.469 e. The van der Waals surface area contributed by atoms with Crippen LogP contribution in [0.3, 0.4) is 0 Å². The van der Waals surface area contributed by atoms with Gasteiger partial charge in [0.25, 0.3) is 20.2 Å². The van der Waals surface area contributed by atoms with Crippen LogP contribution in [0.15, 0.2) is 224 Å². The van der Waals surface area contributed by atoms with Gasteiger partial charge in [0, 0.05) is 154 Å². The molecule has 10 rings (SSSR count). The third-order valence-corrected chi connectivity index (χ3v) is 34.8. The molecule has 0 aliphatic heterocycles. The summed E-state index contributed by atoms with van der Waals surface area (Å²) in [6.07, 6.45) is 0.315. The lowest BCUT2D eigenvalue weighted by Gasteiger charge is -2.26. The van der Waals surface area contributed by atoms with E-state index in [9.17, 15) is 69.8 Å². The summed E-state index contributed by atoms with van der Waals surface area (Å²) < 4.78 is 116. The number of benzene rings is 10. The van der Waals surface area contributed by atoms with Gasteiger partial charge in [0.2, 0.25) is 38.0 Å². The Kier molecular flexibility index (Phi) is 46.4. The number of aliphatic hydroxyl groups excluding tert-OH is 5. The van der Waals surface area contributed by atoms with Crippen molar-refractivity contribution in [2.75, 3.05) is 152 Å². The first-order chi connectivity index (χ1) is 65.0. The van der Waals surface area contributed by atoms with Crippen LogP contribution < -0.4 is 31.8 Å². The van der Waals surface area contributed by atoms with Gasteiger partial charge in [0.15, 0.2) is 0 Å². The molecule has 0 aliphatic carbocycles. The summed E-state index contributed by atoms with van der Waals surface area (Å²) >= 11 is 0. The number of aliphatic hydroxyl groups is 5. The molecule has 734 valence electrons. The third kappa shape index (κ3) is 31.1. The molecule has 10 aromatic carbocycles. The fraction of sp³-hybridized carbons (Fsp3) is 0.375. The van der Waals surface area contributed by atoms with E-state index in [4.69, 9.17) is 24.4 Å². The Balaban J connectivity index is 0.000000252. The standard InChI is InChI=1S/C31H36NO6P.C29H36NO8PS2.C27H32NO4P.C17H30N2O4/c1-22-20-23(2)30(24(3)27(22)21-32(18-16-28(33)37-4)19-17-29(34)38-5)31(35)39(36,25-12-8-6-9-13-25)26-14-10-7-11-15-26;1-22-20-23(2)28(29(31)39(32,25-12-8-6-9-13-25)26-14-10-7-11-15-26)24(3)27(22)21-30(16-18-40(33,34)37-4)17-19-41(35,36)38-5;1-20-18-21(2)26(22(3)25(20)19-28(14-16-29)15-17-30)27(31)33(32,23-10-6-4-7-11-23)24-12-8-5-9-13-24;1-23-13-9-19(8-12-22)15-17-5-3-2-4-16(17)14-18(6-10-20)7-11-21/h6-15,20H,16-19,21H2,1-5H3;6-15,20H,16-19,21H2,1-5H3;4-13,18,29-30H,14-17,19H2,1-3H3;2-5,20-22H,6-15H2,1H3. The molecule has 0 radical (unpaired) electrons. The highest BCUT2D eigenvalue weighted by Gasteiger charge is 2.42. The molecular formula is C104H134N5O22P3S2. The van der Waals surface area contributed by atoms with Crippen molar-refractivity contribution in [3.8, 4) is 0 Å². The van der Waals surface area contributed by atoms with Gasteiger partial charge in [-0.1, -0.05) is 224 Å². The molecule has 0 aromatic heterocycles. The Bertz CT molecular complexity index is 5750. The van der Waals surface area contributed by atoms with E-state index in [1.807, 2.05) is 118 Å². The number of carbonyl (C=O) groups is 5. The Morgan fingerprint density at radius 3 is 0.743 bits per heavy atom. The van der Waals surface area contributed by atoms with Crippen LogP contribution in [0.25, 0.3) is 0 Å². The van der Waals surface area contributed by atoms with Crippen LogP contribution in [0.1, 0.15) is 122 Å². The molecule has 0 fully saturated rings. The van der Waals surface area contributed by atoms with Crippen LogP contribution in [0.4, 0.5) is 0 Å². The number of rotatable bonds is 49. The Morgan fingerprint density at radius 1 is 0.294 bits per heavy atom. The number of aryl methyl sites for hydroxylation is 6. The van der Waals surface area contributed by atoms with Crippen LogP contribution in [0.2, 0.25) is 0 Å². The van der Waals surface area contributed by atoms with Gasteiger partial charge in [-0.2, -0.15) is 16.8 Å². The van der Waals surface area contributed by atoms with Crippen LogP contribution in [0, 0.1) is 62.3 Å². The van der Waals surface area contributed by atoms with Crippen molar-refractivity contribution in [2.45, 2.75) is 108 Å². The summed E-state index contributed by atoms with van der Waals surface area (Å²) in [6.45, 7) is 24.2. The van der Waals surface area contributed by atoms with Crippen molar-refractivity contribution in [1.82, 2.24) is 24.5 Å². The molecule has 5 N–H and O–H groups in total. The zero-order valence-corrected chi connectivity index (χ0v) is 84.9. The Morgan fingerprint density at radius 2 is 0.515 bits per heavy atom. The second-order valence-corrected chi connectivity index (χ2v) is 44.7. The number of methoxy groups -OCH3 is 3. The zero-order valence-electron chi connectivity index (χ0n) is 80.6. The quantitative estimate of drug-likeness (QED) is 0.0134. The van der Waals surface area contributed by atoms with E-state index in [1.54, 1.807) is 184 Å². The van der Waals surface area contributed by atoms with Crippen molar-refractivity contribution in [2.24, 2.45) is 0 Å². The molecule has 0 spiro atoms. The molecule has 10 aromatic rings. The van der Waals surface area contributed by atoms with Gasteiger partial charge < -0.3 is 53.4 Å². The highest BCUT2D eigenvalue weighted by Crippen LogP contribution is 2.52. The molecule has 0 unspecified atom stereocenters. The highest BCUT2D eigenvalue weighted by molar-refractivity contribution is 7.94. The van der Waals surface area contributed by atoms with Gasteiger partial charge in [0.05, 0.1) is 92.4 Å². The lowest BCUT2D eigenvalue weighted by atomic mass is 9.93. The number of ether oxygens (including phenoxy) is 3. The molecule has 32 heteroatoms. The summed E-state index contributed by atoms with van der Waals surface area (Å²) in [5, 5.41) is 49.2. The number of hydrogen-bond acceptors (Lipinski definition) is 27. The molecule has 0 saturated heterocycles. The molecular weight excluding hydrogens is 1830 g/mol. The van der Waals surface area contributed by atoms with E-state index < -0.39 is 52.7 Å². The summed E-state index contributed by atoms with van der Waals surface area (Å²) in [4.78, 5) is 76.4. The van der Waals surface area contributed by atoms with E-state index >= 15 is 0 Å². The van der Waals surface area contributed by atoms with Gasteiger partial charge >= 0.3 is 11.9 Å². The van der Waals surface area contributed by atoms with Crippen molar-refractivity contribution in [3.05, 3.63) is 319 Å². The van der Waals surface area contributed by atoms with Gasteiger partial charge in [-0.3, -0.25) is 56.8 Å². The van der Waals surface area contributed by atoms with E-state index in [-0.39, 0.29) is 94.5 Å². The zero-order chi connectivity index (χ0) is 99.9. The number of esters is 2. The molecule has 0 bridgehead atoms. The highest BCUT2D eigenvalue weighted by atomic mass is 32.2. The van der Waals surface area contributed by atoms with E-state index in [0.29, 0.717) is 132 Å². The lowest BCUT2D eigenvalue weighted by Crippen LogP contribution is -2.34. The predicted octanol–water partition coefficient (Wildman–Crippen LogP) is 11.7.